The summed E-state index contributed by atoms with van der Waals surface area (Å²) in [5, 5.41) is 2.91. The van der Waals surface area contributed by atoms with Gasteiger partial charge >= 0.3 is 0 Å². The minimum Gasteiger partial charge on any atom is -0.355 e. The number of aryl methyl sites for hydroxylation is 2. The van der Waals surface area contributed by atoms with Crippen molar-refractivity contribution in [3.05, 3.63) is 41.7 Å². The van der Waals surface area contributed by atoms with Gasteiger partial charge in [0.15, 0.2) is 0 Å². The number of rotatable bonds is 5. The first kappa shape index (κ1) is 15.2. The summed E-state index contributed by atoms with van der Waals surface area (Å²) in [5.41, 5.74) is 2.65. The highest BCUT2D eigenvalue weighted by Gasteiger charge is 2.15. The van der Waals surface area contributed by atoms with Crippen molar-refractivity contribution in [2.75, 3.05) is 16.6 Å². The first-order valence-electron chi connectivity index (χ1n) is 6.58. The van der Waals surface area contributed by atoms with Crippen molar-refractivity contribution in [2.24, 2.45) is 0 Å². The zero-order valence-electron chi connectivity index (χ0n) is 12.2. The van der Waals surface area contributed by atoms with Gasteiger partial charge in [0.25, 0.3) is 10.0 Å². The molecule has 0 aliphatic heterocycles. The third kappa shape index (κ3) is 3.69. The van der Waals surface area contributed by atoms with Crippen LogP contribution in [-0.4, -0.2) is 24.9 Å². The van der Waals surface area contributed by atoms with Crippen LogP contribution in [0.5, 0.6) is 0 Å². The topological polar surface area (TPSA) is 84.0 Å². The van der Waals surface area contributed by atoms with Gasteiger partial charge in [-0.05, 0) is 44.0 Å². The summed E-state index contributed by atoms with van der Waals surface area (Å²) in [6, 6.07) is 5.40. The summed E-state index contributed by atoms with van der Waals surface area (Å²) in [7, 11) is -3.68. The highest BCUT2D eigenvalue weighted by atomic mass is 32.2. The van der Waals surface area contributed by atoms with Crippen molar-refractivity contribution < 1.29 is 8.42 Å². The Bertz CT molecular complexity index is 727. The lowest BCUT2D eigenvalue weighted by Gasteiger charge is -2.10. The fourth-order valence-electron chi connectivity index (χ4n) is 1.72. The lowest BCUT2D eigenvalue weighted by Crippen LogP contribution is -2.14. The van der Waals surface area contributed by atoms with E-state index in [1.54, 1.807) is 12.1 Å². The number of nitrogens with zero attached hydrogens (tertiary/aromatic N) is 2. The molecule has 6 nitrogen and oxygen atoms in total. The van der Waals surface area contributed by atoms with Gasteiger partial charge in [-0.1, -0.05) is 6.07 Å². The van der Waals surface area contributed by atoms with E-state index in [0.29, 0.717) is 18.2 Å². The van der Waals surface area contributed by atoms with Crippen molar-refractivity contribution in [2.45, 2.75) is 25.7 Å². The Labute approximate surface area is 124 Å². The van der Waals surface area contributed by atoms with E-state index < -0.39 is 10.0 Å². The molecule has 1 aromatic heterocycles. The van der Waals surface area contributed by atoms with Crippen molar-refractivity contribution in [3.63, 3.8) is 0 Å². The predicted molar refractivity (Wildman–Crippen MR) is 82.9 cm³/mol. The van der Waals surface area contributed by atoms with Gasteiger partial charge in [0.2, 0.25) is 5.95 Å². The summed E-state index contributed by atoms with van der Waals surface area (Å²) in [4.78, 5) is 7.96. The average Bonchev–Trinajstić information content (AvgIpc) is 2.44. The van der Waals surface area contributed by atoms with Crippen LogP contribution in [0.4, 0.5) is 11.6 Å². The Kier molecular flexibility index (Phi) is 4.42. The molecule has 0 aliphatic carbocycles. The first-order chi connectivity index (χ1) is 9.92. The smallest absolute Gasteiger partial charge is 0.264 e. The number of nitrogens with one attached hydrogen (secondary N) is 2. The fourth-order valence-corrected chi connectivity index (χ4v) is 2.66. The van der Waals surface area contributed by atoms with Crippen LogP contribution in [0.1, 0.15) is 18.1 Å². The third-order valence-electron chi connectivity index (χ3n) is 3.03. The molecule has 0 unspecified atom stereocenters. The minimum atomic E-state index is -3.68. The number of aromatic nitrogens is 2. The zero-order valence-corrected chi connectivity index (χ0v) is 13.0. The van der Waals surface area contributed by atoms with Crippen LogP contribution in [-0.2, 0) is 10.0 Å². The highest BCUT2D eigenvalue weighted by molar-refractivity contribution is 7.92. The second kappa shape index (κ2) is 6.09. The van der Waals surface area contributed by atoms with E-state index in [0.717, 1.165) is 11.1 Å². The van der Waals surface area contributed by atoms with Crippen LogP contribution in [0.3, 0.4) is 0 Å². The van der Waals surface area contributed by atoms with E-state index in [-0.39, 0.29) is 4.90 Å². The largest absolute Gasteiger partial charge is 0.355 e. The van der Waals surface area contributed by atoms with Gasteiger partial charge < -0.3 is 5.32 Å². The number of anilines is 2. The van der Waals surface area contributed by atoms with E-state index in [2.05, 4.69) is 20.0 Å². The SMILES string of the molecule is CCNc1ncc(S(=O)(=O)Nc2ccc(C)c(C)c2)cn1. The molecule has 0 spiro atoms. The fraction of sp³-hybridized carbons (Fsp3) is 0.286. The highest BCUT2D eigenvalue weighted by Crippen LogP contribution is 2.18. The minimum absolute atomic E-state index is 0.0300. The molecule has 2 N–H and O–H groups in total. The summed E-state index contributed by atoms with van der Waals surface area (Å²) < 4.78 is 27.0. The van der Waals surface area contributed by atoms with Gasteiger partial charge in [-0.3, -0.25) is 4.72 Å². The maximum atomic E-state index is 12.3. The second-order valence-electron chi connectivity index (χ2n) is 4.68. The van der Waals surface area contributed by atoms with Crippen LogP contribution in [0.25, 0.3) is 0 Å². The summed E-state index contributed by atoms with van der Waals surface area (Å²) in [6.07, 6.45) is 2.57. The molecular weight excluding hydrogens is 288 g/mol. The third-order valence-corrected chi connectivity index (χ3v) is 4.37. The zero-order chi connectivity index (χ0) is 15.5. The normalized spacial score (nSPS) is 11.2. The molecule has 0 bridgehead atoms. The van der Waals surface area contributed by atoms with Gasteiger partial charge in [-0.2, -0.15) is 0 Å². The Morgan fingerprint density at radius 2 is 1.76 bits per heavy atom. The predicted octanol–water partition coefficient (Wildman–Crippen LogP) is 2.33. The molecule has 2 rings (SSSR count). The van der Waals surface area contributed by atoms with Crippen LogP contribution < -0.4 is 10.0 Å². The van der Waals surface area contributed by atoms with Gasteiger partial charge in [-0.15, -0.1) is 0 Å². The summed E-state index contributed by atoms with van der Waals surface area (Å²) in [5.74, 6) is 0.405. The van der Waals surface area contributed by atoms with Crippen LogP contribution in [0, 0.1) is 13.8 Å². The van der Waals surface area contributed by atoms with Crippen LogP contribution in [0.15, 0.2) is 35.5 Å². The molecule has 0 fully saturated rings. The molecular formula is C14H18N4O2S. The Morgan fingerprint density at radius 3 is 2.33 bits per heavy atom. The van der Waals surface area contributed by atoms with E-state index in [4.69, 9.17) is 0 Å². The van der Waals surface area contributed by atoms with Crippen molar-refractivity contribution >= 4 is 21.7 Å². The van der Waals surface area contributed by atoms with E-state index >= 15 is 0 Å². The Hall–Kier alpha value is -2.15. The number of sulfonamides is 1. The molecule has 21 heavy (non-hydrogen) atoms. The maximum Gasteiger partial charge on any atom is 0.264 e. The van der Waals surface area contributed by atoms with Crippen LogP contribution in [0.2, 0.25) is 0 Å². The number of benzene rings is 1. The van der Waals surface area contributed by atoms with E-state index in [9.17, 15) is 8.42 Å². The van der Waals surface area contributed by atoms with Gasteiger partial charge in [0, 0.05) is 12.2 Å². The molecule has 0 atom stereocenters. The average molecular weight is 306 g/mol. The van der Waals surface area contributed by atoms with Crippen molar-refractivity contribution in [3.8, 4) is 0 Å². The maximum absolute atomic E-state index is 12.3. The first-order valence-corrected chi connectivity index (χ1v) is 8.06. The molecule has 112 valence electrons. The molecule has 0 saturated carbocycles. The molecule has 0 saturated heterocycles. The lowest BCUT2D eigenvalue weighted by atomic mass is 10.1. The van der Waals surface area contributed by atoms with Crippen LogP contribution >= 0.6 is 0 Å². The number of hydrogen-bond acceptors (Lipinski definition) is 5. The number of hydrogen-bond donors (Lipinski definition) is 2. The Morgan fingerprint density at radius 1 is 1.10 bits per heavy atom. The Balaban J connectivity index is 2.23. The molecule has 7 heteroatoms. The standard InChI is InChI=1S/C14H18N4O2S/c1-4-15-14-16-8-13(9-17-14)21(19,20)18-12-6-5-10(2)11(3)7-12/h5-9,18H,4H2,1-3H3,(H,15,16,17). The van der Waals surface area contributed by atoms with Gasteiger partial charge in [0.05, 0.1) is 12.4 Å². The molecule has 0 amide bonds. The van der Waals surface area contributed by atoms with Gasteiger partial charge in [-0.25, -0.2) is 18.4 Å². The van der Waals surface area contributed by atoms with Gasteiger partial charge in [0.1, 0.15) is 4.90 Å². The quantitative estimate of drug-likeness (QED) is 0.885. The molecule has 1 heterocycles. The molecule has 1 aromatic carbocycles. The summed E-state index contributed by atoms with van der Waals surface area (Å²) in [6.45, 7) is 6.49. The van der Waals surface area contributed by atoms with Crippen molar-refractivity contribution in [1.29, 1.82) is 0 Å². The summed E-state index contributed by atoms with van der Waals surface area (Å²) >= 11 is 0. The van der Waals surface area contributed by atoms with Crippen molar-refractivity contribution in [1.82, 2.24) is 9.97 Å². The van der Waals surface area contributed by atoms with E-state index in [1.807, 2.05) is 26.8 Å². The molecule has 0 aliphatic rings. The van der Waals surface area contributed by atoms with E-state index in [1.165, 1.54) is 12.4 Å². The second-order valence-corrected chi connectivity index (χ2v) is 6.36. The lowest BCUT2D eigenvalue weighted by molar-refractivity contribution is 0.600. The monoisotopic (exact) mass is 306 g/mol. The molecule has 2 aromatic rings. The molecule has 0 radical (unpaired) electrons.